The zero-order valence-corrected chi connectivity index (χ0v) is 12.4. The van der Waals surface area contributed by atoms with Gasteiger partial charge in [-0.2, -0.15) is 10.2 Å². The Labute approximate surface area is 131 Å². The number of halogens is 1. The van der Waals surface area contributed by atoms with Gasteiger partial charge in [0.1, 0.15) is 0 Å². The molecule has 0 fully saturated rings. The van der Waals surface area contributed by atoms with Gasteiger partial charge in [0, 0.05) is 17.6 Å². The summed E-state index contributed by atoms with van der Waals surface area (Å²) in [5.74, 6) is 0.523. The Bertz CT molecular complexity index is 944. The Morgan fingerprint density at radius 3 is 3.05 bits per heavy atom. The van der Waals surface area contributed by atoms with E-state index in [1.54, 1.807) is 28.7 Å². The van der Waals surface area contributed by atoms with Crippen LogP contribution in [0.25, 0.3) is 16.6 Å². The van der Waals surface area contributed by atoms with E-state index in [4.69, 9.17) is 21.6 Å². The Kier molecular flexibility index (Phi) is 3.94. The highest BCUT2D eigenvalue weighted by Crippen LogP contribution is 2.22. The number of nitrogens with zero attached hydrogens (tertiary/aromatic N) is 3. The minimum atomic E-state index is -0.342. The number of ether oxygens (including phenoxy) is 1. The highest BCUT2D eigenvalue weighted by molar-refractivity contribution is 6.31. The van der Waals surface area contributed by atoms with Crippen molar-refractivity contribution in [1.29, 1.82) is 5.26 Å². The molecule has 1 aromatic carbocycles. The maximum absolute atomic E-state index is 12.2. The van der Waals surface area contributed by atoms with Crippen LogP contribution >= 0.6 is 11.6 Å². The average Bonchev–Trinajstić information content (AvgIpc) is 2.52. The second kappa shape index (κ2) is 6.04. The molecule has 0 aliphatic heterocycles. The molecule has 3 aromatic rings. The number of rotatable bonds is 4. The molecule has 0 spiro atoms. The summed E-state index contributed by atoms with van der Waals surface area (Å²) in [6.45, 7) is 0.405. The SMILES string of the molecule is N#CCCCOc1cccn2c1nc(=O)c1cc(Cl)ccc12. The second-order valence-electron chi connectivity index (χ2n) is 4.75. The second-order valence-corrected chi connectivity index (χ2v) is 5.19. The summed E-state index contributed by atoms with van der Waals surface area (Å²) in [5, 5.41) is 9.50. The maximum Gasteiger partial charge on any atom is 0.281 e. The molecule has 0 saturated heterocycles. The van der Waals surface area contributed by atoms with Crippen LogP contribution in [0.1, 0.15) is 12.8 Å². The largest absolute Gasteiger partial charge is 0.490 e. The highest BCUT2D eigenvalue weighted by Gasteiger charge is 2.10. The number of hydrogen-bond acceptors (Lipinski definition) is 4. The van der Waals surface area contributed by atoms with Crippen molar-refractivity contribution in [3.05, 3.63) is 51.9 Å². The first-order chi connectivity index (χ1) is 10.7. The molecule has 22 heavy (non-hydrogen) atoms. The van der Waals surface area contributed by atoms with Gasteiger partial charge in [0.25, 0.3) is 5.56 Å². The lowest BCUT2D eigenvalue weighted by Gasteiger charge is -2.10. The Hall–Kier alpha value is -2.58. The monoisotopic (exact) mass is 313 g/mol. The normalized spacial score (nSPS) is 10.7. The minimum absolute atomic E-state index is 0.342. The van der Waals surface area contributed by atoms with Gasteiger partial charge >= 0.3 is 0 Å². The predicted molar refractivity (Wildman–Crippen MR) is 84.3 cm³/mol. The lowest BCUT2D eigenvalue weighted by Crippen LogP contribution is -2.12. The van der Waals surface area contributed by atoms with E-state index in [1.807, 2.05) is 12.3 Å². The summed E-state index contributed by atoms with van der Waals surface area (Å²) in [6.07, 6.45) is 2.88. The fourth-order valence-corrected chi connectivity index (χ4v) is 2.45. The van der Waals surface area contributed by atoms with Crippen LogP contribution in [-0.4, -0.2) is 16.0 Å². The quantitative estimate of drug-likeness (QED) is 0.548. The van der Waals surface area contributed by atoms with Gasteiger partial charge in [0.15, 0.2) is 11.4 Å². The minimum Gasteiger partial charge on any atom is -0.490 e. The van der Waals surface area contributed by atoms with Gasteiger partial charge in [-0.1, -0.05) is 11.6 Å². The third-order valence-electron chi connectivity index (χ3n) is 3.28. The lowest BCUT2D eigenvalue weighted by atomic mass is 10.2. The van der Waals surface area contributed by atoms with Crippen LogP contribution in [0, 0.1) is 11.3 Å². The molecule has 0 N–H and O–H groups in total. The summed E-state index contributed by atoms with van der Waals surface area (Å²) >= 11 is 5.94. The number of unbranched alkanes of at least 4 members (excludes halogenated alkanes) is 1. The van der Waals surface area contributed by atoms with Gasteiger partial charge in [0.05, 0.1) is 23.6 Å². The van der Waals surface area contributed by atoms with E-state index in [0.29, 0.717) is 41.3 Å². The van der Waals surface area contributed by atoms with Gasteiger partial charge < -0.3 is 4.74 Å². The van der Waals surface area contributed by atoms with E-state index >= 15 is 0 Å². The van der Waals surface area contributed by atoms with Crippen LogP contribution < -0.4 is 10.3 Å². The van der Waals surface area contributed by atoms with Gasteiger partial charge in [0.2, 0.25) is 0 Å². The standard InChI is InChI=1S/C16H12ClN3O2/c17-11-5-6-13-12(10-11)16(21)19-15-14(4-3-8-20(13)15)22-9-2-1-7-18/h3-6,8,10H,1-2,9H2. The molecular formula is C16H12ClN3O2. The zero-order chi connectivity index (χ0) is 15.5. The molecule has 0 amide bonds. The molecule has 0 atom stereocenters. The smallest absolute Gasteiger partial charge is 0.281 e. The van der Waals surface area contributed by atoms with Gasteiger partial charge in [-0.05, 0) is 36.8 Å². The van der Waals surface area contributed by atoms with Crippen LogP contribution in [0.5, 0.6) is 5.75 Å². The molecule has 110 valence electrons. The van der Waals surface area contributed by atoms with Crippen molar-refractivity contribution in [3.63, 3.8) is 0 Å². The van der Waals surface area contributed by atoms with E-state index in [1.165, 1.54) is 0 Å². The summed E-state index contributed by atoms with van der Waals surface area (Å²) in [7, 11) is 0. The number of nitriles is 1. The molecule has 0 aliphatic carbocycles. The van der Waals surface area contributed by atoms with E-state index in [9.17, 15) is 4.79 Å². The topological polar surface area (TPSA) is 67.4 Å². The fraction of sp³-hybridized carbons (Fsp3) is 0.188. The zero-order valence-electron chi connectivity index (χ0n) is 11.6. The van der Waals surface area contributed by atoms with E-state index in [-0.39, 0.29) is 5.56 Å². The van der Waals surface area contributed by atoms with Crippen molar-refractivity contribution in [2.75, 3.05) is 6.61 Å². The Morgan fingerprint density at radius 2 is 2.23 bits per heavy atom. The highest BCUT2D eigenvalue weighted by atomic mass is 35.5. The lowest BCUT2D eigenvalue weighted by molar-refractivity contribution is 0.314. The maximum atomic E-state index is 12.2. The number of benzene rings is 1. The van der Waals surface area contributed by atoms with Gasteiger partial charge in [-0.15, -0.1) is 0 Å². The Balaban J connectivity index is 2.13. The molecule has 0 unspecified atom stereocenters. The summed E-state index contributed by atoms with van der Waals surface area (Å²) in [6, 6.07) is 10.8. The molecule has 2 heterocycles. The van der Waals surface area contributed by atoms with Crippen LogP contribution in [0.2, 0.25) is 5.02 Å². The number of hydrogen-bond donors (Lipinski definition) is 0. The first-order valence-electron chi connectivity index (χ1n) is 6.81. The van der Waals surface area contributed by atoms with E-state index in [0.717, 1.165) is 5.52 Å². The van der Waals surface area contributed by atoms with Crippen molar-refractivity contribution >= 4 is 28.2 Å². The third kappa shape index (κ3) is 2.61. The molecule has 0 radical (unpaired) electrons. The van der Waals surface area contributed by atoms with Crippen molar-refractivity contribution in [2.24, 2.45) is 0 Å². The summed E-state index contributed by atoms with van der Waals surface area (Å²) < 4.78 is 7.45. The number of aromatic nitrogens is 2. The van der Waals surface area contributed by atoms with Gasteiger partial charge in [-0.3, -0.25) is 9.20 Å². The molecule has 0 aliphatic rings. The van der Waals surface area contributed by atoms with Crippen molar-refractivity contribution in [1.82, 2.24) is 9.38 Å². The molecule has 5 nitrogen and oxygen atoms in total. The van der Waals surface area contributed by atoms with E-state index in [2.05, 4.69) is 11.1 Å². The van der Waals surface area contributed by atoms with Crippen molar-refractivity contribution in [3.8, 4) is 11.8 Å². The number of fused-ring (bicyclic) bond motifs is 3. The van der Waals surface area contributed by atoms with Crippen molar-refractivity contribution < 1.29 is 4.74 Å². The van der Waals surface area contributed by atoms with Crippen LogP contribution in [0.15, 0.2) is 41.3 Å². The van der Waals surface area contributed by atoms with Crippen molar-refractivity contribution in [2.45, 2.75) is 12.8 Å². The summed E-state index contributed by atoms with van der Waals surface area (Å²) in [5.41, 5.74) is 0.840. The molecule has 0 bridgehead atoms. The predicted octanol–water partition coefficient (Wildman–Crippen LogP) is 3.18. The van der Waals surface area contributed by atoms with Crippen LogP contribution in [0.3, 0.4) is 0 Å². The van der Waals surface area contributed by atoms with Gasteiger partial charge in [-0.25, -0.2) is 0 Å². The van der Waals surface area contributed by atoms with Crippen LogP contribution in [-0.2, 0) is 0 Å². The Morgan fingerprint density at radius 1 is 1.36 bits per heavy atom. The molecule has 0 saturated carbocycles. The van der Waals surface area contributed by atoms with Crippen LogP contribution in [0.4, 0.5) is 0 Å². The fourth-order valence-electron chi connectivity index (χ4n) is 2.28. The molecule has 3 rings (SSSR count). The average molecular weight is 314 g/mol. The first-order valence-corrected chi connectivity index (χ1v) is 7.19. The first kappa shape index (κ1) is 14.4. The molecule has 2 aromatic heterocycles. The molecule has 6 heteroatoms. The van der Waals surface area contributed by atoms with E-state index < -0.39 is 0 Å². The third-order valence-corrected chi connectivity index (χ3v) is 3.51. The molecular weight excluding hydrogens is 302 g/mol. The number of pyridine rings is 1. The summed E-state index contributed by atoms with van der Waals surface area (Å²) in [4.78, 5) is 16.3.